The summed E-state index contributed by atoms with van der Waals surface area (Å²) in [6.45, 7) is 0.781. The first-order chi connectivity index (χ1) is 17.1. The number of carbonyl (C=O) groups excluding carboxylic acids is 1. The highest BCUT2D eigenvalue weighted by atomic mass is 35.5. The Balaban J connectivity index is 1.28. The number of likely N-dealkylation sites (tertiary alicyclic amines) is 1. The van der Waals surface area contributed by atoms with E-state index in [-0.39, 0.29) is 25.9 Å². The van der Waals surface area contributed by atoms with Gasteiger partial charge < -0.3 is 10.4 Å². The molecule has 3 aromatic rings. The van der Waals surface area contributed by atoms with E-state index in [9.17, 15) is 23.1 Å². The molecule has 3 aromatic carbocycles. The molecule has 186 valence electrons. The molecule has 0 spiro atoms. The predicted molar refractivity (Wildman–Crippen MR) is 134 cm³/mol. The number of amides is 1. The molecule has 1 fully saturated rings. The van der Waals surface area contributed by atoms with Crippen molar-refractivity contribution in [3.8, 4) is 23.0 Å². The molecule has 4 rings (SSSR count). The number of hydrogen-bond donors (Lipinski definition) is 2. The summed E-state index contributed by atoms with van der Waals surface area (Å²) < 4.78 is 38.9. The fraction of sp³-hybridized carbons (Fsp3) is 0.250. The summed E-state index contributed by atoms with van der Waals surface area (Å²) in [4.78, 5) is 14.1. The first-order valence-corrected chi connectivity index (χ1v) is 11.8. The molecule has 1 aliphatic rings. The molecule has 0 unspecified atom stereocenters. The number of nitrogens with zero attached hydrogens (tertiary/aromatic N) is 1. The number of aliphatic hydroxyl groups is 1. The number of halogens is 4. The molecular weight excluding hydrogens is 489 g/mol. The van der Waals surface area contributed by atoms with Gasteiger partial charge in [-0.05, 0) is 65.9 Å². The van der Waals surface area contributed by atoms with Gasteiger partial charge in [-0.2, -0.15) is 13.2 Å². The van der Waals surface area contributed by atoms with Crippen LogP contribution in [0, 0.1) is 11.8 Å². The number of alkyl halides is 3. The van der Waals surface area contributed by atoms with Crippen LogP contribution in [0.15, 0.2) is 72.8 Å². The third-order valence-electron chi connectivity index (χ3n) is 6.21. The minimum atomic E-state index is -4.61. The van der Waals surface area contributed by atoms with Crippen LogP contribution in [0.1, 0.15) is 24.0 Å². The summed E-state index contributed by atoms with van der Waals surface area (Å²) >= 11 is 5.92. The second-order valence-electron chi connectivity index (χ2n) is 8.79. The van der Waals surface area contributed by atoms with Crippen molar-refractivity contribution in [2.75, 3.05) is 18.4 Å². The van der Waals surface area contributed by atoms with E-state index in [4.69, 9.17) is 11.6 Å². The van der Waals surface area contributed by atoms with Gasteiger partial charge in [-0.1, -0.05) is 53.9 Å². The third-order valence-corrected chi connectivity index (χ3v) is 6.46. The largest absolute Gasteiger partial charge is 0.417 e. The number of benzene rings is 3. The van der Waals surface area contributed by atoms with E-state index in [1.807, 2.05) is 65.6 Å². The Bertz CT molecular complexity index is 1250. The van der Waals surface area contributed by atoms with Crippen LogP contribution in [0.25, 0.3) is 11.1 Å². The first-order valence-electron chi connectivity index (χ1n) is 11.4. The van der Waals surface area contributed by atoms with Crippen molar-refractivity contribution in [1.82, 2.24) is 4.90 Å². The predicted octanol–water partition coefficient (Wildman–Crippen LogP) is 5.89. The van der Waals surface area contributed by atoms with Crippen LogP contribution in [0.4, 0.5) is 18.9 Å². The average Bonchev–Trinajstić information content (AvgIpc) is 2.86. The Morgan fingerprint density at radius 2 is 1.50 bits per heavy atom. The van der Waals surface area contributed by atoms with Crippen LogP contribution in [-0.2, 0) is 11.3 Å². The van der Waals surface area contributed by atoms with E-state index in [0.29, 0.717) is 22.8 Å². The zero-order valence-corrected chi connectivity index (χ0v) is 20.0. The molecule has 1 aliphatic heterocycles. The molecular formula is C28H24ClF3N2O2. The highest BCUT2D eigenvalue weighted by Crippen LogP contribution is 2.38. The van der Waals surface area contributed by atoms with Crippen LogP contribution in [0.5, 0.6) is 0 Å². The van der Waals surface area contributed by atoms with Crippen LogP contribution < -0.4 is 5.32 Å². The maximum atomic E-state index is 13.0. The van der Waals surface area contributed by atoms with Crippen molar-refractivity contribution in [1.29, 1.82) is 0 Å². The monoisotopic (exact) mass is 512 g/mol. The number of anilines is 1. The Morgan fingerprint density at radius 3 is 2.06 bits per heavy atom. The lowest BCUT2D eigenvalue weighted by atomic mass is 9.90. The van der Waals surface area contributed by atoms with E-state index in [1.165, 1.54) is 0 Å². The van der Waals surface area contributed by atoms with Gasteiger partial charge in [0, 0.05) is 41.8 Å². The molecule has 0 radical (unpaired) electrons. The van der Waals surface area contributed by atoms with E-state index in [2.05, 4.69) is 17.2 Å². The zero-order valence-electron chi connectivity index (χ0n) is 19.3. The average molecular weight is 513 g/mol. The van der Waals surface area contributed by atoms with Gasteiger partial charge >= 0.3 is 12.1 Å². The Labute approximate surface area is 212 Å². The Kier molecular flexibility index (Phi) is 7.70. The van der Waals surface area contributed by atoms with Crippen molar-refractivity contribution in [3.05, 3.63) is 88.9 Å². The van der Waals surface area contributed by atoms with Gasteiger partial charge in [-0.3, -0.25) is 9.69 Å². The molecule has 2 N–H and O–H groups in total. The number of carbonyl (C=O) groups is 1. The maximum absolute atomic E-state index is 13.0. The van der Waals surface area contributed by atoms with Gasteiger partial charge in [0.05, 0.1) is 0 Å². The molecule has 1 amide bonds. The van der Waals surface area contributed by atoms with Crippen molar-refractivity contribution in [2.24, 2.45) is 0 Å². The second-order valence-corrected chi connectivity index (χ2v) is 9.23. The fourth-order valence-electron chi connectivity index (χ4n) is 4.00. The standard InChI is InChI=1S/C28H24ClF3N2O2/c29-24-10-8-23(9-11-24)22-6-1-20(2-7-22)5-14-26(35)33-25-12-3-21(4-13-25)19-34-17-15-27(36,16-18-34)28(30,31)32/h1-4,6-13,36H,15-19H2,(H,33,35). The number of nitrogens with one attached hydrogen (secondary N) is 1. The van der Waals surface area contributed by atoms with Crippen LogP contribution >= 0.6 is 11.6 Å². The van der Waals surface area contributed by atoms with Gasteiger partial charge in [0.2, 0.25) is 0 Å². The van der Waals surface area contributed by atoms with Crippen molar-refractivity contribution in [3.63, 3.8) is 0 Å². The summed E-state index contributed by atoms with van der Waals surface area (Å²) in [7, 11) is 0. The minimum Gasteiger partial charge on any atom is -0.380 e. The van der Waals surface area contributed by atoms with E-state index in [0.717, 1.165) is 16.7 Å². The summed E-state index contributed by atoms with van der Waals surface area (Å²) in [5.41, 5.74) is 1.62. The van der Waals surface area contributed by atoms with Gasteiger partial charge in [0.1, 0.15) is 0 Å². The lowest BCUT2D eigenvalue weighted by Gasteiger charge is -2.39. The third kappa shape index (κ3) is 6.46. The van der Waals surface area contributed by atoms with Gasteiger partial charge in [0.25, 0.3) is 0 Å². The fourth-order valence-corrected chi connectivity index (χ4v) is 4.12. The number of piperidine rings is 1. The summed E-state index contributed by atoms with van der Waals surface area (Å²) in [5, 5.41) is 13.2. The lowest BCUT2D eigenvalue weighted by molar-refractivity contribution is -0.272. The summed E-state index contributed by atoms with van der Waals surface area (Å²) in [6.07, 6.45) is -5.29. The Morgan fingerprint density at radius 1 is 0.944 bits per heavy atom. The smallest absolute Gasteiger partial charge is 0.380 e. The normalized spacial score (nSPS) is 15.6. The zero-order chi connectivity index (χ0) is 25.8. The van der Waals surface area contributed by atoms with E-state index >= 15 is 0 Å². The molecule has 8 heteroatoms. The van der Waals surface area contributed by atoms with Gasteiger partial charge in [0.15, 0.2) is 5.60 Å². The minimum absolute atomic E-state index is 0.158. The SMILES string of the molecule is O=C(C#Cc1ccc(-c2ccc(Cl)cc2)cc1)Nc1ccc(CN2CCC(O)(C(F)(F)F)CC2)cc1. The molecule has 1 saturated heterocycles. The van der Waals surface area contributed by atoms with Crippen molar-refractivity contribution < 1.29 is 23.1 Å². The lowest BCUT2D eigenvalue weighted by Crippen LogP contribution is -2.53. The van der Waals surface area contributed by atoms with Crippen molar-refractivity contribution >= 4 is 23.2 Å². The highest BCUT2D eigenvalue weighted by Gasteiger charge is 2.54. The number of hydrogen-bond acceptors (Lipinski definition) is 3. The highest BCUT2D eigenvalue weighted by molar-refractivity contribution is 6.30. The molecule has 0 aliphatic carbocycles. The van der Waals surface area contributed by atoms with Crippen LogP contribution in [0.2, 0.25) is 5.02 Å². The van der Waals surface area contributed by atoms with Crippen molar-refractivity contribution in [2.45, 2.75) is 31.2 Å². The van der Waals surface area contributed by atoms with Crippen LogP contribution in [0.3, 0.4) is 0 Å². The summed E-state index contributed by atoms with van der Waals surface area (Å²) in [5.74, 6) is 4.97. The van der Waals surface area contributed by atoms with E-state index in [1.54, 1.807) is 12.1 Å². The summed E-state index contributed by atoms with van der Waals surface area (Å²) in [6, 6.07) is 22.1. The Hall–Kier alpha value is -3.31. The molecule has 0 bridgehead atoms. The molecule has 36 heavy (non-hydrogen) atoms. The molecule has 0 saturated carbocycles. The molecule has 4 nitrogen and oxygen atoms in total. The topological polar surface area (TPSA) is 52.6 Å². The molecule has 1 heterocycles. The first kappa shape index (κ1) is 25.8. The molecule has 0 aromatic heterocycles. The van der Waals surface area contributed by atoms with Crippen LogP contribution in [-0.4, -0.2) is 40.8 Å². The van der Waals surface area contributed by atoms with Gasteiger partial charge in [-0.25, -0.2) is 0 Å². The quantitative estimate of drug-likeness (QED) is 0.429. The number of rotatable bonds is 4. The van der Waals surface area contributed by atoms with Gasteiger partial charge in [-0.15, -0.1) is 0 Å². The maximum Gasteiger partial charge on any atom is 0.417 e. The van der Waals surface area contributed by atoms with E-state index < -0.39 is 17.7 Å². The molecule has 0 atom stereocenters. The second kappa shape index (κ2) is 10.8.